The van der Waals surface area contributed by atoms with E-state index in [1.807, 2.05) is 12.1 Å². The first-order chi connectivity index (χ1) is 33.4. The highest BCUT2D eigenvalue weighted by Crippen LogP contribution is 2.40. The number of carboxylic acid groups (broad SMARTS) is 3. The van der Waals surface area contributed by atoms with E-state index in [1.54, 1.807) is 54.6 Å². The molecule has 0 spiro atoms. The van der Waals surface area contributed by atoms with Gasteiger partial charge in [-0.1, -0.05) is 77.3 Å². The Morgan fingerprint density at radius 1 is 0.542 bits per heavy atom. The van der Waals surface area contributed by atoms with Gasteiger partial charge in [0.25, 0.3) is 0 Å². The molecule has 0 unspecified atom stereocenters. The van der Waals surface area contributed by atoms with Crippen LogP contribution in [-0.2, 0) is 65.7 Å². The molecule has 0 aromatic heterocycles. The second-order valence-corrected chi connectivity index (χ2v) is 21.0. The van der Waals surface area contributed by atoms with Gasteiger partial charge in [-0.05, 0) is 137 Å². The van der Waals surface area contributed by atoms with Crippen LogP contribution < -0.4 is 0 Å². The van der Waals surface area contributed by atoms with Crippen molar-refractivity contribution >= 4 is 72.4 Å². The summed E-state index contributed by atoms with van der Waals surface area (Å²) < 4.78 is 126. The minimum Gasteiger partial charge on any atom is -0.481 e. The van der Waals surface area contributed by atoms with E-state index in [0.29, 0.717) is 70.1 Å². The van der Waals surface area contributed by atoms with Crippen molar-refractivity contribution in [3.05, 3.63) is 164 Å². The minimum atomic E-state index is -5.07. The number of rotatable bonds is 14. The average molecular weight is 1100 g/mol. The molecule has 0 aliphatic rings. The van der Waals surface area contributed by atoms with Crippen LogP contribution >= 0.6 is 34.8 Å². The van der Waals surface area contributed by atoms with Gasteiger partial charge in [0.1, 0.15) is 0 Å². The van der Waals surface area contributed by atoms with E-state index in [4.69, 9.17) is 55.4 Å². The molecule has 6 aromatic carbocycles. The van der Waals surface area contributed by atoms with E-state index < -0.39 is 72.4 Å². The van der Waals surface area contributed by atoms with Crippen LogP contribution in [0.4, 0.5) is 26.3 Å². The number of aliphatic carboxylic acids is 3. The zero-order valence-electron chi connectivity index (χ0n) is 37.6. The summed E-state index contributed by atoms with van der Waals surface area (Å²) in [5.74, 6) is -2.97. The third-order valence-electron chi connectivity index (χ3n) is 10.4. The smallest absolute Gasteiger partial charge is 0.417 e. The Morgan fingerprint density at radius 3 is 1.49 bits per heavy atom. The number of hydrogen-bond acceptors (Lipinski definition) is 8. The molecule has 0 atom stereocenters. The molecule has 0 fully saturated rings. The van der Waals surface area contributed by atoms with Crippen molar-refractivity contribution in [1.82, 2.24) is 0 Å². The van der Waals surface area contributed by atoms with Crippen LogP contribution in [0.1, 0.15) is 52.6 Å². The monoisotopic (exact) mass is 1100 g/mol. The molecule has 6 aromatic rings. The maximum Gasteiger partial charge on any atom is 0.417 e. The molecule has 0 bridgehead atoms. The summed E-state index contributed by atoms with van der Waals surface area (Å²) in [6.07, 6.45) is -8.04. The quantitative estimate of drug-likeness (QED) is 0.0875. The van der Waals surface area contributed by atoms with E-state index >= 15 is 0 Å². The van der Waals surface area contributed by atoms with Gasteiger partial charge in [-0.15, -0.1) is 0 Å². The van der Waals surface area contributed by atoms with Crippen LogP contribution in [0.2, 0.25) is 15.1 Å². The third-order valence-corrected chi connectivity index (χ3v) is 13.4. The Bertz CT molecular complexity index is 3290. The lowest BCUT2D eigenvalue weighted by Crippen LogP contribution is -2.13. The van der Waals surface area contributed by atoms with Gasteiger partial charge < -0.3 is 15.3 Å². The highest BCUT2D eigenvalue weighted by atomic mass is 35.5. The van der Waals surface area contributed by atoms with Gasteiger partial charge >= 0.3 is 30.3 Å². The van der Waals surface area contributed by atoms with Gasteiger partial charge in [-0.3, -0.25) is 14.4 Å². The number of benzene rings is 6. The van der Waals surface area contributed by atoms with Crippen molar-refractivity contribution in [3.63, 3.8) is 0 Å². The van der Waals surface area contributed by atoms with E-state index in [2.05, 4.69) is 6.07 Å². The molecule has 22 heteroatoms. The predicted octanol–water partition coefficient (Wildman–Crippen LogP) is 12.8. The second-order valence-electron chi connectivity index (χ2n) is 15.7. The number of aryl methyl sites for hydroxylation is 3. The summed E-state index contributed by atoms with van der Waals surface area (Å²) in [4.78, 5) is 31.4. The maximum absolute atomic E-state index is 13.4. The van der Waals surface area contributed by atoms with Crippen LogP contribution in [0, 0.1) is 11.3 Å². The summed E-state index contributed by atoms with van der Waals surface area (Å²) in [6, 6.07) is 28.7. The number of nitrogens with zero attached hydrogens (tertiary/aromatic N) is 1. The number of alkyl halides is 6. The molecular weight excluding hydrogens is 1060 g/mol. The summed E-state index contributed by atoms with van der Waals surface area (Å²) in [5, 5.41) is 36.8. The number of hydrogen-bond donors (Lipinski definition) is 3. The first-order valence-electron chi connectivity index (χ1n) is 20.7. The zero-order chi connectivity index (χ0) is 53.9. The molecule has 6 rings (SSSR count). The van der Waals surface area contributed by atoms with Crippen molar-refractivity contribution in [2.45, 2.75) is 60.7 Å². The van der Waals surface area contributed by atoms with Crippen molar-refractivity contribution in [3.8, 4) is 39.4 Å². The van der Waals surface area contributed by atoms with Crippen LogP contribution in [0.5, 0.6) is 0 Å². The molecule has 0 aliphatic carbocycles. The fraction of sp³-hybridized carbons (Fsp3) is 0.200. The topological polar surface area (TPSA) is 204 Å². The molecule has 0 saturated carbocycles. The fourth-order valence-corrected chi connectivity index (χ4v) is 9.19. The van der Waals surface area contributed by atoms with Gasteiger partial charge in [-0.25, -0.2) is 16.8 Å². The van der Waals surface area contributed by atoms with Gasteiger partial charge in [0.05, 0.1) is 32.6 Å². The molecule has 0 aliphatic heterocycles. The molecule has 380 valence electrons. The third kappa shape index (κ3) is 16.8. The molecule has 0 radical (unpaired) electrons. The Kier molecular flexibility index (Phi) is 19.6. The van der Waals surface area contributed by atoms with Crippen molar-refractivity contribution in [2.24, 2.45) is 0 Å². The van der Waals surface area contributed by atoms with Crippen LogP contribution in [0.3, 0.4) is 0 Å². The lowest BCUT2D eigenvalue weighted by atomic mass is 9.93. The van der Waals surface area contributed by atoms with E-state index in [1.165, 1.54) is 12.1 Å². The van der Waals surface area contributed by atoms with E-state index in [9.17, 15) is 57.6 Å². The summed E-state index contributed by atoms with van der Waals surface area (Å²) >= 11 is 18.3. The molecule has 0 amide bonds. The van der Waals surface area contributed by atoms with Crippen LogP contribution in [0.25, 0.3) is 33.4 Å². The Morgan fingerprint density at radius 2 is 1.03 bits per heavy atom. The summed E-state index contributed by atoms with van der Waals surface area (Å²) in [7, 11) is -7.61. The number of carbonyl (C=O) groups is 3. The zero-order valence-corrected chi connectivity index (χ0v) is 41.5. The summed E-state index contributed by atoms with van der Waals surface area (Å²) in [5.41, 5.74) is 2.17. The predicted molar refractivity (Wildman–Crippen MR) is 259 cm³/mol. The SMILES string of the molecule is CS(=O)(=O)c1ccc(-c2cc(C(F)(F)F)ccc2CCC(=O)O)cc1C(F)(F)F.CS(=O)(=O)c1ccc(-c2cc(Cl)ccc2CCC(=O)O)c(Cl)c1.N#Cc1cccc(-c2cc(Cl)ccc2CCC(=O)O)c1. The Balaban J connectivity index is 0.000000239. The number of halogens is 9. The maximum atomic E-state index is 13.4. The average Bonchev–Trinajstić information content (AvgIpc) is 3.29. The standard InChI is InChI=1S/C18H14F6O4S.C16H14Cl2O4S.C16H12ClNO2/c1-29(27,28)15-6-3-11(8-14(15)18(22,23)24)13-9-12(17(19,20)21)5-2-10(13)4-7-16(25)26;1-23(21,22)12-5-6-13(15(18)9-12)14-8-11(17)4-2-10(14)3-7-16(19)20;17-14-6-4-12(5-7-16(19)20)15(9-14)13-3-1-2-11(8-13)10-18/h2-3,5-6,8-9H,4,7H2,1H3,(H,25,26);2,4-6,8-9H,3,7H2,1H3,(H,19,20);1-4,6,8-9H,5,7H2,(H,19,20). The normalized spacial score (nSPS) is 11.6. The molecule has 0 saturated heterocycles. The largest absolute Gasteiger partial charge is 0.481 e. The Labute approximate surface area is 424 Å². The Hall–Kier alpha value is -6.43. The van der Waals surface area contributed by atoms with Crippen LogP contribution in [0.15, 0.2) is 125 Å². The lowest BCUT2D eigenvalue weighted by molar-refractivity contribution is -0.140. The molecule has 11 nitrogen and oxygen atoms in total. The van der Waals surface area contributed by atoms with Gasteiger partial charge in [0, 0.05) is 52.4 Å². The van der Waals surface area contributed by atoms with Gasteiger partial charge in [0.2, 0.25) is 0 Å². The van der Waals surface area contributed by atoms with Crippen molar-refractivity contribution in [2.75, 3.05) is 12.5 Å². The first-order valence-corrected chi connectivity index (χ1v) is 25.6. The molecule has 0 heterocycles. The van der Waals surface area contributed by atoms with Gasteiger partial charge in [0.15, 0.2) is 19.7 Å². The fourth-order valence-electron chi connectivity index (χ4n) is 6.96. The first kappa shape index (κ1) is 58.1. The molecule has 3 N–H and O–H groups in total. The van der Waals surface area contributed by atoms with Crippen molar-refractivity contribution in [1.29, 1.82) is 5.26 Å². The second kappa shape index (κ2) is 24.3. The number of sulfone groups is 2. The van der Waals surface area contributed by atoms with E-state index in [-0.39, 0.29) is 45.9 Å². The molecular formula is C50H40Cl3F6NO10S2. The molecule has 72 heavy (non-hydrogen) atoms. The van der Waals surface area contributed by atoms with Crippen molar-refractivity contribution < 1.29 is 72.9 Å². The lowest BCUT2D eigenvalue weighted by Gasteiger charge is -2.17. The van der Waals surface area contributed by atoms with Crippen LogP contribution in [-0.4, -0.2) is 62.6 Å². The number of carboxylic acids is 3. The number of nitriles is 1. The summed E-state index contributed by atoms with van der Waals surface area (Å²) in [6.45, 7) is 0. The highest BCUT2D eigenvalue weighted by Gasteiger charge is 2.37. The van der Waals surface area contributed by atoms with E-state index in [0.717, 1.165) is 40.6 Å². The van der Waals surface area contributed by atoms with Gasteiger partial charge in [-0.2, -0.15) is 31.6 Å². The minimum absolute atomic E-state index is 0.0202. The highest BCUT2D eigenvalue weighted by molar-refractivity contribution is 7.91.